The molecule has 0 spiro atoms. The second-order valence-electron chi connectivity index (χ2n) is 26.7. The third-order valence-electron chi connectivity index (χ3n) is 17.3. The van der Waals surface area contributed by atoms with Crippen molar-refractivity contribution in [2.24, 2.45) is 0 Å². The zero-order valence-corrected chi connectivity index (χ0v) is 56.0. The van der Waals surface area contributed by atoms with Gasteiger partial charge in [0.25, 0.3) is 7.82 Å². The number of rotatable bonds is 69. The molecule has 480 valence electrons. The number of hydrogen-bond donors (Lipinski definition) is 2. The molecule has 2 N–H and O–H groups in total. The molecule has 0 rings (SSSR count). The van der Waals surface area contributed by atoms with E-state index in [0.29, 0.717) is 23.9 Å². The molecule has 0 aromatic rings. The van der Waals surface area contributed by atoms with Crippen molar-refractivity contribution in [3.8, 4) is 0 Å². The number of aliphatic hydroxyl groups excluding tert-OH is 1. The van der Waals surface area contributed by atoms with Crippen LogP contribution in [-0.2, 0) is 18.4 Å². The molecule has 1 amide bonds. The molecule has 3 atom stereocenters. The smallest absolute Gasteiger partial charge is 0.268 e. The molecule has 0 aliphatic heterocycles. The van der Waals surface area contributed by atoms with Gasteiger partial charge >= 0.3 is 0 Å². The van der Waals surface area contributed by atoms with Crippen LogP contribution >= 0.6 is 7.82 Å². The zero-order chi connectivity index (χ0) is 58.4. The minimum atomic E-state index is -4.57. The number of carbonyl (C=O) groups excluding carboxylic acids is 1. The number of phosphoric ester groups is 1. The van der Waals surface area contributed by atoms with Crippen molar-refractivity contribution >= 4 is 13.7 Å². The van der Waals surface area contributed by atoms with Gasteiger partial charge in [-0.05, 0) is 12.8 Å². The molecule has 80 heavy (non-hydrogen) atoms. The van der Waals surface area contributed by atoms with E-state index < -0.39 is 20.0 Å². The topological polar surface area (TPSA) is 108 Å². The molecule has 0 saturated carbocycles. The Morgan fingerprint density at radius 1 is 0.388 bits per heavy atom. The van der Waals surface area contributed by atoms with E-state index in [4.69, 9.17) is 9.05 Å². The number of aliphatic hydroxyl groups is 1. The summed E-state index contributed by atoms with van der Waals surface area (Å²) >= 11 is 0. The maximum Gasteiger partial charge on any atom is 0.268 e. The molecule has 0 aromatic heterocycles. The minimum Gasteiger partial charge on any atom is -0.756 e. The first-order valence-corrected chi connectivity index (χ1v) is 37.8. The van der Waals surface area contributed by atoms with E-state index in [1.807, 2.05) is 21.1 Å². The van der Waals surface area contributed by atoms with Crippen molar-refractivity contribution in [2.75, 3.05) is 40.9 Å². The van der Waals surface area contributed by atoms with Crippen molar-refractivity contribution in [1.29, 1.82) is 0 Å². The van der Waals surface area contributed by atoms with Gasteiger partial charge in [-0.15, -0.1) is 0 Å². The Morgan fingerprint density at radius 3 is 0.850 bits per heavy atom. The Labute approximate surface area is 501 Å². The highest BCUT2D eigenvalue weighted by atomic mass is 31.2. The molecule has 0 aliphatic carbocycles. The van der Waals surface area contributed by atoms with Crippen molar-refractivity contribution in [1.82, 2.24) is 5.32 Å². The van der Waals surface area contributed by atoms with Gasteiger partial charge in [0.1, 0.15) is 13.2 Å². The lowest BCUT2D eigenvalue weighted by Gasteiger charge is -2.30. The van der Waals surface area contributed by atoms with E-state index in [0.717, 1.165) is 38.5 Å². The van der Waals surface area contributed by atoms with Crippen LogP contribution in [-0.4, -0.2) is 68.5 Å². The predicted molar refractivity (Wildman–Crippen MR) is 349 cm³/mol. The van der Waals surface area contributed by atoms with E-state index in [1.165, 1.54) is 334 Å². The lowest BCUT2D eigenvalue weighted by Crippen LogP contribution is -2.46. The summed E-state index contributed by atoms with van der Waals surface area (Å²) in [5.41, 5.74) is 0. The zero-order valence-electron chi connectivity index (χ0n) is 55.1. The predicted octanol–water partition coefficient (Wildman–Crippen LogP) is 22.5. The number of unbranched alkanes of at least 4 members (excludes halogenated alkanes) is 56. The van der Waals surface area contributed by atoms with E-state index in [-0.39, 0.29) is 19.1 Å². The average molecular weight is 1150 g/mol. The van der Waals surface area contributed by atoms with Crippen LogP contribution in [0.2, 0.25) is 0 Å². The van der Waals surface area contributed by atoms with Gasteiger partial charge in [0, 0.05) is 6.42 Å². The van der Waals surface area contributed by atoms with E-state index in [9.17, 15) is 19.4 Å². The Hall–Kier alpha value is -0.500. The SMILES string of the molecule is CCCCCCCCCCCCCCCCCCCCCCCCCCCCCCCCCCCCCCCCCCC(=O)NC(COP(=O)([O-])OCC[N+](C)(C)C)C(O)CCCCCCCCCCCCCCCCCCCC. The molecule has 0 saturated heterocycles. The van der Waals surface area contributed by atoms with Crippen LogP contribution < -0.4 is 10.2 Å². The summed E-state index contributed by atoms with van der Waals surface area (Å²) in [6.45, 7) is 4.79. The number of amides is 1. The monoisotopic (exact) mass is 1150 g/mol. The van der Waals surface area contributed by atoms with Crippen molar-refractivity contribution in [3.05, 3.63) is 0 Å². The highest BCUT2D eigenvalue weighted by Crippen LogP contribution is 2.38. The standard InChI is InChI=1S/C71H145N2O6P/c1-6-8-10-12-14-16-18-20-22-24-26-27-28-29-30-31-32-33-34-35-36-37-38-39-40-41-42-43-44-45-46-47-49-51-53-55-57-59-61-63-65-71(75)72-69(68-79-80(76,77)78-67-66-73(3,4)5)70(74)64-62-60-58-56-54-52-50-48-25-23-21-19-17-15-13-11-9-7-2/h69-70,74H,6-68H2,1-5H3,(H-,72,75,76,77). The molecule has 9 heteroatoms. The molecule has 0 aliphatic rings. The fraction of sp³-hybridized carbons (Fsp3) is 0.986. The Morgan fingerprint density at radius 2 is 0.613 bits per heavy atom. The van der Waals surface area contributed by atoms with Crippen LogP contribution in [0.25, 0.3) is 0 Å². The summed E-state index contributed by atoms with van der Waals surface area (Å²) < 4.78 is 23.5. The Kier molecular flexibility index (Phi) is 62.6. The number of quaternary nitrogens is 1. The van der Waals surface area contributed by atoms with Gasteiger partial charge in [0.15, 0.2) is 0 Å². The second kappa shape index (κ2) is 63.0. The van der Waals surface area contributed by atoms with Crippen LogP contribution in [0.15, 0.2) is 0 Å². The number of nitrogens with one attached hydrogen (secondary N) is 1. The first-order chi connectivity index (χ1) is 39.0. The van der Waals surface area contributed by atoms with Crippen LogP contribution in [0.5, 0.6) is 0 Å². The maximum absolute atomic E-state index is 13.0. The maximum atomic E-state index is 13.0. The van der Waals surface area contributed by atoms with Crippen LogP contribution in [0.4, 0.5) is 0 Å². The quantitative estimate of drug-likeness (QED) is 0.0357. The second-order valence-corrected chi connectivity index (χ2v) is 28.1. The van der Waals surface area contributed by atoms with Crippen LogP contribution in [0, 0.1) is 0 Å². The van der Waals surface area contributed by atoms with Gasteiger partial charge in [-0.3, -0.25) is 9.36 Å². The first kappa shape index (κ1) is 79.5. The summed E-state index contributed by atoms with van der Waals surface area (Å²) in [6.07, 6.45) is 79.2. The molecule has 0 radical (unpaired) electrons. The number of likely N-dealkylation sites (N-methyl/N-ethyl adjacent to an activating group) is 1. The number of nitrogens with zero attached hydrogens (tertiary/aromatic N) is 1. The van der Waals surface area contributed by atoms with Gasteiger partial charge in [0.2, 0.25) is 5.91 Å². The van der Waals surface area contributed by atoms with Gasteiger partial charge in [-0.1, -0.05) is 380 Å². The summed E-state index contributed by atoms with van der Waals surface area (Å²) in [5.74, 6) is -0.154. The van der Waals surface area contributed by atoms with Gasteiger partial charge in [-0.2, -0.15) is 0 Å². The molecule has 0 fully saturated rings. The molecule has 0 heterocycles. The molecule has 0 aromatic carbocycles. The number of hydrogen-bond acceptors (Lipinski definition) is 6. The Bertz CT molecular complexity index is 1260. The fourth-order valence-corrected chi connectivity index (χ4v) is 12.4. The highest BCUT2D eigenvalue weighted by molar-refractivity contribution is 7.45. The summed E-state index contributed by atoms with van der Waals surface area (Å²) in [5, 5.41) is 14.1. The number of carbonyl (C=O) groups is 1. The average Bonchev–Trinajstić information content (AvgIpc) is 3.43. The van der Waals surface area contributed by atoms with Crippen molar-refractivity contribution in [2.45, 2.75) is 411 Å². The fourth-order valence-electron chi connectivity index (χ4n) is 11.7. The van der Waals surface area contributed by atoms with E-state index in [2.05, 4.69) is 19.2 Å². The molecule has 3 unspecified atom stereocenters. The van der Waals surface area contributed by atoms with Gasteiger partial charge in [0.05, 0.1) is 39.9 Å². The Balaban J connectivity index is 3.82. The summed E-state index contributed by atoms with van der Waals surface area (Å²) in [7, 11) is 1.33. The number of phosphoric acid groups is 1. The third kappa shape index (κ3) is 65.1. The molecular weight excluding hydrogens is 1010 g/mol. The lowest BCUT2D eigenvalue weighted by molar-refractivity contribution is -0.870. The largest absolute Gasteiger partial charge is 0.756 e. The van der Waals surface area contributed by atoms with Gasteiger partial charge in [-0.25, -0.2) is 0 Å². The minimum absolute atomic E-state index is 0.0168. The third-order valence-corrected chi connectivity index (χ3v) is 18.3. The van der Waals surface area contributed by atoms with Crippen LogP contribution in [0.3, 0.4) is 0 Å². The molecular formula is C71H145N2O6P. The summed E-state index contributed by atoms with van der Waals surface area (Å²) in [4.78, 5) is 25.6. The molecule has 0 bridgehead atoms. The van der Waals surface area contributed by atoms with Gasteiger partial charge < -0.3 is 28.8 Å². The van der Waals surface area contributed by atoms with E-state index >= 15 is 0 Å². The summed E-state index contributed by atoms with van der Waals surface area (Å²) in [6, 6.07) is -0.796. The normalized spacial score (nSPS) is 13.5. The lowest BCUT2D eigenvalue weighted by atomic mass is 10.0. The highest BCUT2D eigenvalue weighted by Gasteiger charge is 2.24. The van der Waals surface area contributed by atoms with E-state index in [1.54, 1.807) is 0 Å². The van der Waals surface area contributed by atoms with Crippen molar-refractivity contribution < 1.29 is 32.9 Å². The first-order valence-electron chi connectivity index (χ1n) is 36.4. The van der Waals surface area contributed by atoms with Crippen LogP contribution in [0.1, 0.15) is 399 Å². The molecule has 8 nitrogen and oxygen atoms in total. The van der Waals surface area contributed by atoms with Crippen molar-refractivity contribution in [3.63, 3.8) is 0 Å².